The number of nitrogens with zero attached hydrogens (tertiary/aromatic N) is 4. The van der Waals surface area contributed by atoms with Gasteiger partial charge in [0.25, 0.3) is 0 Å². The molecule has 0 saturated heterocycles. The predicted octanol–water partition coefficient (Wildman–Crippen LogP) is 15.5. The van der Waals surface area contributed by atoms with Crippen molar-refractivity contribution in [2.75, 3.05) is 0 Å². The van der Waals surface area contributed by atoms with Gasteiger partial charge in [0.1, 0.15) is 5.75 Å². The van der Waals surface area contributed by atoms with E-state index < -0.39 is 0 Å². The number of phenolic OH excluding ortho intramolecular Hbond substituents is 1. The van der Waals surface area contributed by atoms with Crippen molar-refractivity contribution in [3.05, 3.63) is 205 Å². The minimum Gasteiger partial charge on any atom is -0.507 e. The summed E-state index contributed by atoms with van der Waals surface area (Å²) in [6.07, 6.45) is 1.88. The fourth-order valence-corrected chi connectivity index (χ4v) is 8.92. The average Bonchev–Trinajstić information content (AvgIpc) is 3.68. The normalized spacial score (nSPS) is 11.7. The SMILES string of the molecule is CC(C)(C)c1cc(-c2cc(-c3[c-]c(-c4cc(-c5cccc6c7ccccc7n(-c7cccc(-c8ccc(C#N)cc8)c7)c56)ccn4)ccc3)nc(-c3ccccc3O)c2)cc(C(C)(C)C)c1.[Pt]. The van der Waals surface area contributed by atoms with Gasteiger partial charge in [-0.05, 0) is 104 Å². The van der Waals surface area contributed by atoms with Crippen molar-refractivity contribution in [1.82, 2.24) is 14.5 Å². The number of para-hydroxylation sites is 3. The van der Waals surface area contributed by atoms with Crippen molar-refractivity contribution in [3.8, 4) is 84.7 Å². The minimum atomic E-state index is -0.0592. The Labute approximate surface area is 407 Å². The molecular formula is C61H49N4OPt-. The van der Waals surface area contributed by atoms with Crippen LogP contribution in [-0.2, 0) is 31.9 Å². The molecule has 7 aromatic carbocycles. The number of aromatic nitrogens is 3. The summed E-state index contributed by atoms with van der Waals surface area (Å²) in [4.78, 5) is 10.1. The van der Waals surface area contributed by atoms with Crippen molar-refractivity contribution < 1.29 is 26.2 Å². The van der Waals surface area contributed by atoms with E-state index >= 15 is 0 Å². The van der Waals surface area contributed by atoms with E-state index in [1.807, 2.05) is 60.8 Å². The van der Waals surface area contributed by atoms with Crippen LogP contribution in [0.15, 0.2) is 182 Å². The number of fused-ring (bicyclic) bond motifs is 3. The molecule has 0 radical (unpaired) electrons. The van der Waals surface area contributed by atoms with Gasteiger partial charge in [0.15, 0.2) is 0 Å². The summed E-state index contributed by atoms with van der Waals surface area (Å²) in [5.41, 5.74) is 17.2. The van der Waals surface area contributed by atoms with Gasteiger partial charge in [0.05, 0.1) is 28.4 Å². The van der Waals surface area contributed by atoms with Gasteiger partial charge < -0.3 is 9.67 Å². The maximum Gasteiger partial charge on any atom is 0.124 e. The average molecular weight is 1050 g/mol. The second kappa shape index (κ2) is 17.8. The van der Waals surface area contributed by atoms with E-state index in [2.05, 4.69) is 174 Å². The molecule has 0 aliphatic carbocycles. The number of nitriles is 1. The Morgan fingerprint density at radius 1 is 0.522 bits per heavy atom. The van der Waals surface area contributed by atoms with Crippen molar-refractivity contribution in [1.29, 1.82) is 5.26 Å². The van der Waals surface area contributed by atoms with Gasteiger partial charge >= 0.3 is 0 Å². The van der Waals surface area contributed by atoms with E-state index in [9.17, 15) is 10.4 Å². The van der Waals surface area contributed by atoms with Gasteiger partial charge in [-0.3, -0.25) is 9.97 Å². The second-order valence-corrected chi connectivity index (χ2v) is 19.1. The molecule has 0 fully saturated rings. The Morgan fingerprint density at radius 2 is 1.13 bits per heavy atom. The maximum absolute atomic E-state index is 11.1. The molecule has 0 bridgehead atoms. The van der Waals surface area contributed by atoms with Gasteiger partial charge in [0, 0.05) is 66.2 Å². The largest absolute Gasteiger partial charge is 0.507 e. The van der Waals surface area contributed by atoms with E-state index in [4.69, 9.17) is 9.97 Å². The van der Waals surface area contributed by atoms with Crippen LogP contribution in [-0.4, -0.2) is 19.6 Å². The zero-order valence-corrected chi connectivity index (χ0v) is 40.6. The molecule has 1 N–H and O–H groups in total. The van der Waals surface area contributed by atoms with Crippen LogP contribution in [0.5, 0.6) is 5.75 Å². The molecular weight excluding hydrogens is 1000 g/mol. The first kappa shape index (κ1) is 44.8. The first-order valence-electron chi connectivity index (χ1n) is 22.4. The second-order valence-electron chi connectivity index (χ2n) is 19.1. The number of hydrogen-bond acceptors (Lipinski definition) is 4. The van der Waals surface area contributed by atoms with Crippen LogP contribution in [0.3, 0.4) is 0 Å². The Morgan fingerprint density at radius 3 is 1.87 bits per heavy atom. The predicted molar refractivity (Wildman–Crippen MR) is 272 cm³/mol. The molecule has 330 valence electrons. The van der Waals surface area contributed by atoms with Crippen molar-refractivity contribution >= 4 is 21.8 Å². The quantitative estimate of drug-likeness (QED) is 0.161. The first-order valence-corrected chi connectivity index (χ1v) is 22.4. The van der Waals surface area contributed by atoms with Crippen molar-refractivity contribution in [2.24, 2.45) is 0 Å². The Balaban J connectivity index is 0.00000562. The van der Waals surface area contributed by atoms with E-state index in [1.54, 1.807) is 6.07 Å². The smallest absolute Gasteiger partial charge is 0.124 e. The molecule has 67 heavy (non-hydrogen) atoms. The number of aromatic hydroxyl groups is 1. The van der Waals surface area contributed by atoms with Crippen molar-refractivity contribution in [2.45, 2.75) is 52.4 Å². The monoisotopic (exact) mass is 1050 g/mol. The third kappa shape index (κ3) is 8.74. The molecule has 0 spiro atoms. The van der Waals surface area contributed by atoms with Crippen LogP contribution in [0.2, 0.25) is 0 Å². The Bertz CT molecular complexity index is 3500. The van der Waals surface area contributed by atoms with Gasteiger partial charge in [0.2, 0.25) is 0 Å². The zero-order valence-electron chi connectivity index (χ0n) is 38.4. The molecule has 0 aliphatic heterocycles. The summed E-state index contributed by atoms with van der Waals surface area (Å²) in [5.74, 6) is 0.179. The summed E-state index contributed by atoms with van der Waals surface area (Å²) >= 11 is 0. The zero-order chi connectivity index (χ0) is 45.7. The molecule has 10 rings (SSSR count). The standard InChI is InChI=1S/C61H49N4O.Pt/c1-60(2,3)47-31-45(32-48(37-47)61(4,5)6)46-35-55(64-56(36-46)53-19-8-10-23-58(53)66)44-16-11-15-43(30-44)54-34-42(28-29-63-54)50-20-13-21-52-51-18-7-9-22-57(51)65(59(50)52)49-17-12-14-41(33-49)40-26-24-39(38-62)25-27-40;/h7-29,31-37,66H,1-6H3;/q-1;. The summed E-state index contributed by atoms with van der Waals surface area (Å²) in [6.45, 7) is 13.5. The molecule has 10 aromatic rings. The van der Waals surface area contributed by atoms with Crippen LogP contribution in [0.1, 0.15) is 58.2 Å². The Kier molecular flexibility index (Phi) is 11.9. The first-order chi connectivity index (χ1) is 31.8. The molecule has 3 heterocycles. The fourth-order valence-electron chi connectivity index (χ4n) is 8.92. The molecule has 3 aromatic heterocycles. The van der Waals surface area contributed by atoms with Crippen LogP contribution < -0.4 is 0 Å². The van der Waals surface area contributed by atoms with Crippen LogP contribution in [0, 0.1) is 17.4 Å². The number of benzene rings is 7. The molecule has 0 amide bonds. The fraction of sp³-hybridized carbons (Fsp3) is 0.131. The number of phenols is 1. The number of pyridine rings is 2. The van der Waals surface area contributed by atoms with Gasteiger partial charge in [-0.25, -0.2) is 0 Å². The third-order valence-electron chi connectivity index (χ3n) is 12.6. The van der Waals surface area contributed by atoms with Crippen LogP contribution in [0.25, 0.3) is 94.6 Å². The van der Waals surface area contributed by atoms with Gasteiger partial charge in [-0.1, -0.05) is 156 Å². The summed E-state index contributed by atoms with van der Waals surface area (Å²) in [5, 5.41) is 22.8. The van der Waals surface area contributed by atoms with E-state index in [-0.39, 0.29) is 37.6 Å². The molecule has 5 nitrogen and oxygen atoms in total. The summed E-state index contributed by atoms with van der Waals surface area (Å²) in [7, 11) is 0. The molecule has 0 saturated carbocycles. The minimum absolute atomic E-state index is 0. The summed E-state index contributed by atoms with van der Waals surface area (Å²) < 4.78 is 2.36. The molecule has 0 unspecified atom stereocenters. The third-order valence-corrected chi connectivity index (χ3v) is 12.6. The number of rotatable bonds is 7. The van der Waals surface area contributed by atoms with E-state index in [0.29, 0.717) is 16.8 Å². The molecule has 0 atom stereocenters. The molecule has 0 aliphatic rings. The summed E-state index contributed by atoms with van der Waals surface area (Å²) in [6, 6.07) is 66.3. The van der Waals surface area contributed by atoms with Gasteiger partial charge in [-0.2, -0.15) is 5.26 Å². The van der Waals surface area contributed by atoms with Gasteiger partial charge in [-0.15, -0.1) is 24.3 Å². The molecule has 6 heteroatoms. The van der Waals surface area contributed by atoms with E-state index in [0.717, 1.165) is 78.0 Å². The van der Waals surface area contributed by atoms with Crippen LogP contribution >= 0.6 is 0 Å². The Hall–Kier alpha value is -7.38. The van der Waals surface area contributed by atoms with Crippen molar-refractivity contribution in [3.63, 3.8) is 0 Å². The topological polar surface area (TPSA) is 74.7 Å². The van der Waals surface area contributed by atoms with Crippen LogP contribution in [0.4, 0.5) is 0 Å². The van der Waals surface area contributed by atoms with E-state index in [1.165, 1.54) is 16.5 Å². The maximum atomic E-state index is 11.1. The number of hydrogen-bond donors (Lipinski definition) is 1.